The molecule has 45 heavy (non-hydrogen) atoms. The van der Waals surface area contributed by atoms with Gasteiger partial charge in [0.05, 0.1) is 10.6 Å². The van der Waals surface area contributed by atoms with Gasteiger partial charge >= 0.3 is 0 Å². The summed E-state index contributed by atoms with van der Waals surface area (Å²) in [5.41, 5.74) is 3.00. The van der Waals surface area contributed by atoms with Gasteiger partial charge in [0.2, 0.25) is 11.8 Å². The zero-order chi connectivity index (χ0) is 32.8. The lowest BCUT2D eigenvalue weighted by atomic mass is 10.00. The molecule has 0 saturated heterocycles. The number of anilines is 1. The van der Waals surface area contributed by atoms with Gasteiger partial charge in [0.15, 0.2) is 0 Å². The monoisotopic (exact) mass is 629 g/mol. The Hall–Kier alpha value is -4.50. The van der Waals surface area contributed by atoms with Crippen molar-refractivity contribution in [3.63, 3.8) is 0 Å². The lowest BCUT2D eigenvalue weighted by Crippen LogP contribution is -2.56. The third kappa shape index (κ3) is 8.79. The van der Waals surface area contributed by atoms with E-state index in [9.17, 15) is 22.4 Å². The molecule has 0 radical (unpaired) electrons. The predicted octanol–water partition coefficient (Wildman–Crippen LogP) is 6.19. The number of nitrogens with zero attached hydrogens (tertiary/aromatic N) is 2. The molecule has 4 rings (SSSR count). The molecule has 236 valence electrons. The molecule has 0 unspecified atom stereocenters. The first-order chi connectivity index (χ1) is 21.2. The van der Waals surface area contributed by atoms with Gasteiger partial charge < -0.3 is 10.2 Å². The van der Waals surface area contributed by atoms with Crippen LogP contribution in [0.2, 0.25) is 0 Å². The van der Waals surface area contributed by atoms with Gasteiger partial charge in [-0.15, -0.1) is 0 Å². The zero-order valence-electron chi connectivity index (χ0n) is 26.3. The summed E-state index contributed by atoms with van der Waals surface area (Å²) in [6.45, 7) is 8.82. The minimum absolute atomic E-state index is 0.0120. The van der Waals surface area contributed by atoms with E-state index in [1.54, 1.807) is 12.1 Å². The number of hydrogen-bond donors (Lipinski definition) is 1. The van der Waals surface area contributed by atoms with Crippen molar-refractivity contribution in [3.8, 4) is 0 Å². The molecule has 0 aliphatic heterocycles. The minimum Gasteiger partial charge on any atom is -0.350 e. The number of hydrogen-bond acceptors (Lipinski definition) is 4. The molecular weight excluding hydrogens is 589 g/mol. The zero-order valence-corrected chi connectivity index (χ0v) is 27.1. The molecule has 0 heterocycles. The molecule has 0 aliphatic rings. The van der Waals surface area contributed by atoms with Gasteiger partial charge in [-0.05, 0) is 87.7 Å². The van der Waals surface area contributed by atoms with E-state index in [4.69, 9.17) is 0 Å². The van der Waals surface area contributed by atoms with E-state index in [1.807, 2.05) is 89.2 Å². The van der Waals surface area contributed by atoms with Crippen LogP contribution in [0.1, 0.15) is 43.0 Å². The molecule has 0 saturated carbocycles. The van der Waals surface area contributed by atoms with Crippen LogP contribution in [-0.4, -0.2) is 43.3 Å². The maximum atomic E-state index is 14.5. The second-order valence-corrected chi connectivity index (χ2v) is 14.1. The van der Waals surface area contributed by atoms with Crippen molar-refractivity contribution >= 4 is 27.5 Å². The summed E-state index contributed by atoms with van der Waals surface area (Å²) in [5.74, 6) is -1.48. The van der Waals surface area contributed by atoms with Crippen LogP contribution in [0, 0.1) is 19.7 Å². The Labute approximate surface area is 265 Å². The number of halogens is 1. The molecule has 1 N–H and O–H groups in total. The smallest absolute Gasteiger partial charge is 0.264 e. The largest absolute Gasteiger partial charge is 0.350 e. The Balaban J connectivity index is 1.82. The highest BCUT2D eigenvalue weighted by molar-refractivity contribution is 7.92. The summed E-state index contributed by atoms with van der Waals surface area (Å²) < 4.78 is 43.0. The number of carbonyl (C=O) groups is 2. The number of benzene rings is 4. The molecule has 1 atom stereocenters. The molecule has 0 fully saturated rings. The minimum atomic E-state index is -4.26. The molecule has 4 aromatic rings. The van der Waals surface area contributed by atoms with Crippen LogP contribution in [-0.2, 0) is 32.6 Å². The van der Waals surface area contributed by atoms with Crippen molar-refractivity contribution in [2.24, 2.45) is 0 Å². The highest BCUT2D eigenvalue weighted by Gasteiger charge is 2.35. The number of carbonyl (C=O) groups excluding carboxylic acids is 2. The summed E-state index contributed by atoms with van der Waals surface area (Å²) in [4.78, 5) is 29.9. The van der Waals surface area contributed by atoms with Crippen LogP contribution in [0.3, 0.4) is 0 Å². The fourth-order valence-corrected chi connectivity index (χ4v) is 6.37. The molecule has 2 amide bonds. The molecule has 0 bridgehead atoms. The first-order valence-corrected chi connectivity index (χ1v) is 16.2. The summed E-state index contributed by atoms with van der Waals surface area (Å²) in [6.07, 6.45) is 0.210. The number of aryl methyl sites for hydroxylation is 2. The predicted molar refractivity (Wildman–Crippen MR) is 176 cm³/mol. The van der Waals surface area contributed by atoms with E-state index in [0.29, 0.717) is 0 Å². The average Bonchev–Trinajstić information content (AvgIpc) is 2.99. The van der Waals surface area contributed by atoms with E-state index in [1.165, 1.54) is 29.2 Å². The van der Waals surface area contributed by atoms with E-state index < -0.39 is 39.9 Å². The molecule has 4 aromatic carbocycles. The van der Waals surface area contributed by atoms with Crippen LogP contribution in [0.15, 0.2) is 108 Å². The van der Waals surface area contributed by atoms with E-state index in [2.05, 4.69) is 5.32 Å². The highest BCUT2D eigenvalue weighted by Crippen LogP contribution is 2.26. The third-order valence-electron chi connectivity index (χ3n) is 7.37. The SMILES string of the molecule is Cc1ccc(S(=O)(=O)N(CC(=O)N(Cc2ccccc2C)[C@H](Cc2ccccc2)C(=O)NC(C)(C)C)c2ccc(F)cc2)cc1. The van der Waals surface area contributed by atoms with E-state index in [0.717, 1.165) is 38.7 Å². The summed E-state index contributed by atoms with van der Waals surface area (Å²) in [6, 6.07) is 27.2. The Morgan fingerprint density at radius 2 is 1.42 bits per heavy atom. The van der Waals surface area contributed by atoms with Crippen molar-refractivity contribution in [1.29, 1.82) is 0 Å². The molecular formula is C36H40FN3O4S. The van der Waals surface area contributed by atoms with Gasteiger partial charge in [-0.3, -0.25) is 13.9 Å². The van der Waals surface area contributed by atoms with Gasteiger partial charge in [0, 0.05) is 18.5 Å². The molecule has 0 aliphatic carbocycles. The quantitative estimate of drug-likeness (QED) is 0.214. The molecule has 0 aromatic heterocycles. The maximum Gasteiger partial charge on any atom is 0.264 e. The van der Waals surface area contributed by atoms with Crippen LogP contribution in [0.4, 0.5) is 10.1 Å². The van der Waals surface area contributed by atoms with Crippen LogP contribution in [0.25, 0.3) is 0 Å². The average molecular weight is 630 g/mol. The second kappa shape index (κ2) is 14.1. The normalized spacial score (nSPS) is 12.3. The van der Waals surface area contributed by atoms with Gasteiger partial charge in [-0.25, -0.2) is 12.8 Å². The van der Waals surface area contributed by atoms with E-state index >= 15 is 0 Å². The van der Waals surface area contributed by atoms with Crippen molar-refractivity contribution in [1.82, 2.24) is 10.2 Å². The Morgan fingerprint density at radius 1 is 0.822 bits per heavy atom. The fraction of sp³-hybridized carbons (Fsp3) is 0.278. The number of amides is 2. The summed E-state index contributed by atoms with van der Waals surface area (Å²) >= 11 is 0. The number of nitrogens with one attached hydrogen (secondary N) is 1. The van der Waals surface area contributed by atoms with Gasteiger partial charge in [0.25, 0.3) is 10.0 Å². The molecule has 0 spiro atoms. The van der Waals surface area contributed by atoms with Crippen LogP contribution in [0.5, 0.6) is 0 Å². The van der Waals surface area contributed by atoms with Crippen molar-refractivity contribution in [2.45, 2.75) is 64.1 Å². The molecule has 9 heteroatoms. The van der Waals surface area contributed by atoms with Crippen LogP contribution >= 0.6 is 0 Å². The van der Waals surface area contributed by atoms with Crippen molar-refractivity contribution < 1.29 is 22.4 Å². The lowest BCUT2D eigenvalue weighted by molar-refractivity contribution is -0.140. The Morgan fingerprint density at radius 3 is 2.02 bits per heavy atom. The van der Waals surface area contributed by atoms with E-state index in [-0.39, 0.29) is 29.5 Å². The van der Waals surface area contributed by atoms with Crippen LogP contribution < -0.4 is 9.62 Å². The summed E-state index contributed by atoms with van der Waals surface area (Å²) in [5, 5.41) is 3.02. The van der Waals surface area contributed by atoms with Crippen molar-refractivity contribution in [2.75, 3.05) is 10.8 Å². The summed E-state index contributed by atoms with van der Waals surface area (Å²) in [7, 11) is -4.26. The van der Waals surface area contributed by atoms with Gasteiger partial charge in [-0.2, -0.15) is 0 Å². The lowest BCUT2D eigenvalue weighted by Gasteiger charge is -2.35. The topological polar surface area (TPSA) is 86.8 Å². The number of sulfonamides is 1. The first-order valence-electron chi connectivity index (χ1n) is 14.8. The van der Waals surface area contributed by atoms with Crippen molar-refractivity contribution in [3.05, 3.63) is 131 Å². The standard InChI is InChI=1S/C36H40FN3O4S/c1-26-15-21-32(22-16-26)45(43,44)40(31-19-17-30(37)18-20-31)25-34(41)39(24-29-14-10-9-11-27(29)2)33(35(42)38-36(3,4)5)23-28-12-7-6-8-13-28/h6-22,33H,23-25H2,1-5H3,(H,38,42)/t33-/m1/s1. The Bertz CT molecular complexity index is 1720. The third-order valence-corrected chi connectivity index (χ3v) is 9.16. The fourth-order valence-electron chi connectivity index (χ4n) is 4.95. The maximum absolute atomic E-state index is 14.5. The second-order valence-electron chi connectivity index (χ2n) is 12.2. The van der Waals surface area contributed by atoms with Gasteiger partial charge in [-0.1, -0.05) is 72.3 Å². The van der Waals surface area contributed by atoms with Gasteiger partial charge in [0.1, 0.15) is 18.4 Å². The molecule has 7 nitrogen and oxygen atoms in total. The Kier molecular flexibility index (Phi) is 10.4. The number of rotatable bonds is 11. The highest BCUT2D eigenvalue weighted by atomic mass is 32.2. The first kappa shape index (κ1) is 33.4.